The van der Waals surface area contributed by atoms with Crippen molar-refractivity contribution in [1.29, 1.82) is 0 Å². The molecule has 2 aromatic rings. The molecular formula is C18H23NO3S2. The highest BCUT2D eigenvalue weighted by molar-refractivity contribution is 7.88. The molecule has 0 unspecified atom stereocenters. The molecule has 3 rings (SSSR count). The summed E-state index contributed by atoms with van der Waals surface area (Å²) in [5.74, 6) is 0.0187. The SMILES string of the molecule is Cc1cccc(CS(=O)(=O)NCC2(c3ccsc3)CCOCC2)c1. The Morgan fingerprint density at radius 3 is 2.71 bits per heavy atom. The van der Waals surface area contributed by atoms with Gasteiger partial charge in [0.25, 0.3) is 0 Å². The van der Waals surface area contributed by atoms with Gasteiger partial charge >= 0.3 is 0 Å². The van der Waals surface area contributed by atoms with E-state index in [9.17, 15) is 8.42 Å². The van der Waals surface area contributed by atoms with Crippen molar-refractivity contribution < 1.29 is 13.2 Å². The van der Waals surface area contributed by atoms with Crippen LogP contribution >= 0.6 is 11.3 Å². The number of nitrogens with one attached hydrogen (secondary N) is 1. The number of sulfonamides is 1. The first-order valence-corrected chi connectivity index (χ1v) is 10.7. The van der Waals surface area contributed by atoms with Gasteiger partial charge < -0.3 is 4.74 Å². The van der Waals surface area contributed by atoms with Crippen LogP contribution in [0.3, 0.4) is 0 Å². The summed E-state index contributed by atoms with van der Waals surface area (Å²) in [6, 6.07) is 9.74. The predicted octanol–water partition coefficient (Wildman–Crippen LogP) is 3.22. The van der Waals surface area contributed by atoms with Gasteiger partial charge in [-0.2, -0.15) is 11.3 Å². The molecule has 130 valence electrons. The van der Waals surface area contributed by atoms with E-state index in [1.54, 1.807) is 11.3 Å². The fraction of sp³-hybridized carbons (Fsp3) is 0.444. The average Bonchev–Trinajstić information content (AvgIpc) is 3.09. The molecule has 1 aliphatic heterocycles. The molecule has 4 nitrogen and oxygen atoms in total. The Kier molecular flexibility index (Phi) is 5.39. The first-order chi connectivity index (χ1) is 11.5. The fourth-order valence-electron chi connectivity index (χ4n) is 3.22. The molecule has 2 heterocycles. The first kappa shape index (κ1) is 17.6. The van der Waals surface area contributed by atoms with Crippen molar-refractivity contribution in [3.63, 3.8) is 0 Å². The Hall–Kier alpha value is -1.21. The van der Waals surface area contributed by atoms with Gasteiger partial charge in [0.15, 0.2) is 0 Å². The third-order valence-electron chi connectivity index (χ3n) is 4.65. The molecule has 1 fully saturated rings. The second-order valence-electron chi connectivity index (χ2n) is 6.47. The smallest absolute Gasteiger partial charge is 0.215 e. The van der Waals surface area contributed by atoms with E-state index in [0.29, 0.717) is 19.8 Å². The van der Waals surface area contributed by atoms with Crippen LogP contribution in [0.4, 0.5) is 0 Å². The highest BCUT2D eigenvalue weighted by Gasteiger charge is 2.35. The normalized spacial score (nSPS) is 17.7. The van der Waals surface area contributed by atoms with E-state index < -0.39 is 10.0 Å². The lowest BCUT2D eigenvalue weighted by Gasteiger charge is -2.37. The Balaban J connectivity index is 1.72. The minimum absolute atomic E-state index is 0.0187. The average molecular weight is 366 g/mol. The van der Waals surface area contributed by atoms with Crippen LogP contribution < -0.4 is 4.72 Å². The minimum atomic E-state index is -3.37. The molecule has 1 aromatic carbocycles. The van der Waals surface area contributed by atoms with Gasteiger partial charge in [-0.15, -0.1) is 0 Å². The number of hydrogen-bond acceptors (Lipinski definition) is 4. The maximum absolute atomic E-state index is 12.5. The van der Waals surface area contributed by atoms with E-state index >= 15 is 0 Å². The molecule has 1 aromatic heterocycles. The Morgan fingerprint density at radius 1 is 1.25 bits per heavy atom. The van der Waals surface area contributed by atoms with Gasteiger partial charge in [0.2, 0.25) is 10.0 Å². The number of benzene rings is 1. The van der Waals surface area contributed by atoms with Crippen molar-refractivity contribution in [3.05, 3.63) is 57.8 Å². The number of hydrogen-bond donors (Lipinski definition) is 1. The van der Waals surface area contributed by atoms with Crippen LogP contribution in [0, 0.1) is 6.92 Å². The number of aryl methyl sites for hydroxylation is 1. The number of thiophene rings is 1. The quantitative estimate of drug-likeness (QED) is 0.855. The van der Waals surface area contributed by atoms with E-state index in [1.807, 2.05) is 36.6 Å². The summed E-state index contributed by atoms with van der Waals surface area (Å²) in [6.07, 6.45) is 1.69. The van der Waals surface area contributed by atoms with Crippen molar-refractivity contribution in [2.75, 3.05) is 19.8 Å². The Bertz CT molecular complexity index is 763. The lowest BCUT2D eigenvalue weighted by Crippen LogP contribution is -2.44. The topological polar surface area (TPSA) is 55.4 Å². The monoisotopic (exact) mass is 365 g/mol. The van der Waals surface area contributed by atoms with Gasteiger partial charge in [-0.05, 0) is 47.7 Å². The zero-order valence-corrected chi connectivity index (χ0v) is 15.5. The highest BCUT2D eigenvalue weighted by Crippen LogP contribution is 2.35. The van der Waals surface area contributed by atoms with Gasteiger partial charge in [0.1, 0.15) is 0 Å². The molecule has 0 amide bonds. The number of ether oxygens (including phenoxy) is 1. The molecule has 1 N–H and O–H groups in total. The van der Waals surface area contributed by atoms with Crippen molar-refractivity contribution in [3.8, 4) is 0 Å². The molecule has 1 aliphatic rings. The van der Waals surface area contributed by atoms with E-state index in [-0.39, 0.29) is 11.2 Å². The third kappa shape index (κ3) is 4.25. The maximum Gasteiger partial charge on any atom is 0.215 e. The summed E-state index contributed by atoms with van der Waals surface area (Å²) >= 11 is 1.65. The largest absolute Gasteiger partial charge is 0.381 e. The minimum Gasteiger partial charge on any atom is -0.381 e. The molecule has 0 saturated carbocycles. The molecule has 0 aliphatic carbocycles. The molecular weight excluding hydrogens is 342 g/mol. The van der Waals surface area contributed by atoms with E-state index in [2.05, 4.69) is 16.2 Å². The Labute approximate surface area is 147 Å². The summed E-state index contributed by atoms with van der Waals surface area (Å²) in [7, 11) is -3.37. The summed E-state index contributed by atoms with van der Waals surface area (Å²) in [4.78, 5) is 0. The van der Waals surface area contributed by atoms with Crippen LogP contribution in [0.15, 0.2) is 41.1 Å². The van der Waals surface area contributed by atoms with Crippen LogP contribution in [0.2, 0.25) is 0 Å². The van der Waals surface area contributed by atoms with Gasteiger partial charge in [0, 0.05) is 25.2 Å². The summed E-state index contributed by atoms with van der Waals surface area (Å²) in [6.45, 7) is 3.75. The van der Waals surface area contributed by atoms with Gasteiger partial charge in [-0.1, -0.05) is 29.8 Å². The van der Waals surface area contributed by atoms with Gasteiger partial charge in [-0.3, -0.25) is 0 Å². The molecule has 1 saturated heterocycles. The Morgan fingerprint density at radius 2 is 2.04 bits per heavy atom. The molecule has 0 spiro atoms. The van der Waals surface area contributed by atoms with E-state index in [1.165, 1.54) is 5.56 Å². The number of rotatable bonds is 6. The van der Waals surface area contributed by atoms with Crippen LogP contribution in [0.25, 0.3) is 0 Å². The lowest BCUT2D eigenvalue weighted by atomic mass is 9.75. The second-order valence-corrected chi connectivity index (χ2v) is 9.06. The molecule has 0 radical (unpaired) electrons. The standard InChI is InChI=1S/C18H23NO3S2/c1-15-3-2-4-16(11-15)13-24(20,21)19-14-18(6-8-22-9-7-18)17-5-10-23-12-17/h2-5,10-12,19H,6-9,13-14H2,1H3. The third-order valence-corrected chi connectivity index (χ3v) is 6.63. The maximum atomic E-state index is 12.5. The molecule has 0 bridgehead atoms. The van der Waals surface area contributed by atoms with Crippen LogP contribution in [0.1, 0.15) is 29.5 Å². The molecule has 6 heteroatoms. The highest BCUT2D eigenvalue weighted by atomic mass is 32.2. The molecule has 0 atom stereocenters. The van der Waals surface area contributed by atoms with Crippen LogP contribution in [-0.2, 0) is 25.9 Å². The fourth-order valence-corrected chi connectivity index (χ4v) is 5.21. The molecule has 24 heavy (non-hydrogen) atoms. The van der Waals surface area contributed by atoms with Gasteiger partial charge in [-0.25, -0.2) is 13.1 Å². The summed E-state index contributed by atoms with van der Waals surface area (Å²) in [5, 5.41) is 4.17. The second kappa shape index (κ2) is 7.35. The van der Waals surface area contributed by atoms with Crippen LogP contribution in [-0.4, -0.2) is 28.2 Å². The lowest BCUT2D eigenvalue weighted by molar-refractivity contribution is 0.0518. The summed E-state index contributed by atoms with van der Waals surface area (Å²) < 4.78 is 33.4. The van der Waals surface area contributed by atoms with Crippen molar-refractivity contribution >= 4 is 21.4 Å². The first-order valence-electron chi connectivity index (χ1n) is 8.12. The summed E-state index contributed by atoms with van der Waals surface area (Å²) in [5.41, 5.74) is 2.95. The van der Waals surface area contributed by atoms with Crippen molar-refractivity contribution in [2.45, 2.75) is 30.9 Å². The predicted molar refractivity (Wildman–Crippen MR) is 97.9 cm³/mol. The van der Waals surface area contributed by atoms with E-state index in [0.717, 1.165) is 24.0 Å². The zero-order chi connectivity index (χ0) is 17.0. The van der Waals surface area contributed by atoms with Crippen molar-refractivity contribution in [2.24, 2.45) is 0 Å². The van der Waals surface area contributed by atoms with E-state index in [4.69, 9.17) is 4.74 Å². The van der Waals surface area contributed by atoms with Crippen LogP contribution in [0.5, 0.6) is 0 Å². The van der Waals surface area contributed by atoms with Gasteiger partial charge in [0.05, 0.1) is 5.75 Å². The zero-order valence-electron chi connectivity index (χ0n) is 13.8. The van der Waals surface area contributed by atoms with Crippen molar-refractivity contribution in [1.82, 2.24) is 4.72 Å².